The van der Waals surface area contributed by atoms with Gasteiger partial charge in [0.1, 0.15) is 0 Å². The van der Waals surface area contributed by atoms with Crippen LogP contribution in [0.15, 0.2) is 23.2 Å². The van der Waals surface area contributed by atoms with Gasteiger partial charge in [0.15, 0.2) is 0 Å². The lowest BCUT2D eigenvalue weighted by atomic mass is 10.1. The van der Waals surface area contributed by atoms with E-state index in [0.717, 1.165) is 0 Å². The Hall–Kier alpha value is -0.580. The smallest absolute Gasteiger partial charge is 0.0524 e. The van der Waals surface area contributed by atoms with Crippen LogP contribution < -0.4 is 4.90 Å². The van der Waals surface area contributed by atoms with Crippen molar-refractivity contribution >= 4 is 34.5 Å². The molecule has 88 valence electrons. The zero-order valence-corrected chi connectivity index (χ0v) is 12.7. The van der Waals surface area contributed by atoms with Gasteiger partial charge in [-0.25, -0.2) is 0 Å². The number of aliphatic imine (C=N–C) groups is 1. The molecule has 0 N–H and O–H groups in total. The largest absolute Gasteiger partial charge is 0.378 e. The van der Waals surface area contributed by atoms with E-state index in [1.165, 1.54) is 14.8 Å². The highest BCUT2D eigenvalue weighted by molar-refractivity contribution is 14.1. The lowest BCUT2D eigenvalue weighted by Crippen LogP contribution is -2.11. The van der Waals surface area contributed by atoms with Crippen molar-refractivity contribution in [3.8, 4) is 0 Å². The molecule has 0 heterocycles. The molecule has 2 nitrogen and oxygen atoms in total. The zero-order chi connectivity index (χ0) is 12.3. The van der Waals surface area contributed by atoms with Crippen LogP contribution >= 0.6 is 22.6 Å². The summed E-state index contributed by atoms with van der Waals surface area (Å²) in [5.41, 5.74) is 2.39. The van der Waals surface area contributed by atoms with Gasteiger partial charge in [0.05, 0.1) is 5.54 Å². The van der Waals surface area contributed by atoms with E-state index in [0.29, 0.717) is 0 Å². The normalized spacial score (nSPS) is 12.1. The predicted octanol–water partition coefficient (Wildman–Crippen LogP) is 3.57. The van der Waals surface area contributed by atoms with Gasteiger partial charge in [0.25, 0.3) is 0 Å². The van der Waals surface area contributed by atoms with Crippen LogP contribution in [0.3, 0.4) is 0 Å². The van der Waals surface area contributed by atoms with Crippen molar-refractivity contribution in [2.45, 2.75) is 26.3 Å². The van der Waals surface area contributed by atoms with Crippen molar-refractivity contribution in [3.05, 3.63) is 27.3 Å². The van der Waals surface area contributed by atoms with Crippen molar-refractivity contribution < 1.29 is 0 Å². The predicted molar refractivity (Wildman–Crippen MR) is 80.8 cm³/mol. The molecule has 1 aromatic carbocycles. The first-order valence-electron chi connectivity index (χ1n) is 5.32. The molecule has 0 saturated carbocycles. The van der Waals surface area contributed by atoms with Gasteiger partial charge in [-0.2, -0.15) is 0 Å². The Balaban J connectivity index is 2.96. The second-order valence-corrected chi connectivity index (χ2v) is 6.19. The summed E-state index contributed by atoms with van der Waals surface area (Å²) in [6.45, 7) is 6.31. The van der Waals surface area contributed by atoms with Crippen LogP contribution in [0.4, 0.5) is 5.69 Å². The Morgan fingerprint density at radius 3 is 2.31 bits per heavy atom. The number of hydrogen-bond donors (Lipinski definition) is 0. The van der Waals surface area contributed by atoms with Crippen molar-refractivity contribution in [2.75, 3.05) is 19.0 Å². The summed E-state index contributed by atoms with van der Waals surface area (Å²) in [6, 6.07) is 6.41. The first-order chi connectivity index (χ1) is 7.29. The molecule has 0 atom stereocenters. The average molecular weight is 330 g/mol. The average Bonchev–Trinajstić information content (AvgIpc) is 2.14. The quantitative estimate of drug-likeness (QED) is 0.598. The number of benzene rings is 1. The van der Waals surface area contributed by atoms with Crippen LogP contribution in [0, 0.1) is 3.57 Å². The van der Waals surface area contributed by atoms with Crippen LogP contribution in [-0.4, -0.2) is 25.8 Å². The lowest BCUT2D eigenvalue weighted by molar-refractivity contribution is 0.586. The highest BCUT2D eigenvalue weighted by Crippen LogP contribution is 2.19. The van der Waals surface area contributed by atoms with Crippen LogP contribution in [-0.2, 0) is 0 Å². The van der Waals surface area contributed by atoms with E-state index in [1.54, 1.807) is 0 Å². The fourth-order valence-corrected chi connectivity index (χ4v) is 1.80. The summed E-state index contributed by atoms with van der Waals surface area (Å²) in [5, 5.41) is 0. The molecule has 0 bridgehead atoms. The molecule has 0 radical (unpaired) electrons. The molecule has 0 aliphatic carbocycles. The van der Waals surface area contributed by atoms with E-state index >= 15 is 0 Å². The zero-order valence-electron chi connectivity index (χ0n) is 10.6. The van der Waals surface area contributed by atoms with E-state index in [9.17, 15) is 0 Å². The molecule has 0 unspecified atom stereocenters. The molecule has 0 aromatic heterocycles. The molecular weight excluding hydrogens is 311 g/mol. The number of hydrogen-bond acceptors (Lipinski definition) is 2. The summed E-state index contributed by atoms with van der Waals surface area (Å²) in [5.74, 6) is 0. The fraction of sp³-hybridized carbons (Fsp3) is 0.462. The first-order valence-corrected chi connectivity index (χ1v) is 6.39. The van der Waals surface area contributed by atoms with E-state index in [4.69, 9.17) is 0 Å². The summed E-state index contributed by atoms with van der Waals surface area (Å²) in [7, 11) is 4.10. The van der Waals surface area contributed by atoms with Gasteiger partial charge < -0.3 is 4.90 Å². The fourth-order valence-electron chi connectivity index (χ4n) is 1.16. The minimum absolute atomic E-state index is 0.0106. The first kappa shape index (κ1) is 13.5. The summed E-state index contributed by atoms with van der Waals surface area (Å²) >= 11 is 2.35. The van der Waals surface area contributed by atoms with Crippen molar-refractivity contribution in [3.63, 3.8) is 0 Å². The number of anilines is 1. The maximum atomic E-state index is 4.52. The van der Waals surface area contributed by atoms with E-state index in [1.807, 2.05) is 20.3 Å². The monoisotopic (exact) mass is 330 g/mol. The van der Waals surface area contributed by atoms with Crippen molar-refractivity contribution in [1.29, 1.82) is 0 Å². The van der Waals surface area contributed by atoms with Crippen LogP contribution in [0.25, 0.3) is 0 Å². The molecule has 1 aromatic rings. The second kappa shape index (κ2) is 5.17. The highest BCUT2D eigenvalue weighted by Gasteiger charge is 2.06. The molecule has 3 heteroatoms. The molecule has 0 amide bonds. The Kier molecular flexibility index (Phi) is 4.35. The number of rotatable bonds is 2. The van der Waals surface area contributed by atoms with Gasteiger partial charge in [-0.3, -0.25) is 4.99 Å². The molecular formula is C13H19IN2. The van der Waals surface area contributed by atoms with E-state index in [2.05, 4.69) is 71.5 Å². The molecule has 0 saturated heterocycles. The number of nitrogens with zero attached hydrogens (tertiary/aromatic N) is 2. The van der Waals surface area contributed by atoms with Crippen LogP contribution in [0.2, 0.25) is 0 Å². The topological polar surface area (TPSA) is 15.6 Å². The second-order valence-electron chi connectivity index (χ2n) is 5.03. The molecule has 1 rings (SSSR count). The minimum atomic E-state index is -0.0106. The molecule has 0 aliphatic heterocycles. The van der Waals surface area contributed by atoms with Crippen LogP contribution in [0.1, 0.15) is 26.3 Å². The maximum Gasteiger partial charge on any atom is 0.0524 e. The van der Waals surface area contributed by atoms with Crippen molar-refractivity contribution in [1.82, 2.24) is 0 Å². The highest BCUT2D eigenvalue weighted by atomic mass is 127. The third kappa shape index (κ3) is 4.12. The Morgan fingerprint density at radius 2 is 1.88 bits per heavy atom. The summed E-state index contributed by atoms with van der Waals surface area (Å²) < 4.78 is 1.23. The van der Waals surface area contributed by atoms with Gasteiger partial charge in [-0.15, -0.1) is 0 Å². The Morgan fingerprint density at radius 1 is 1.25 bits per heavy atom. The third-order valence-corrected chi connectivity index (χ3v) is 3.03. The van der Waals surface area contributed by atoms with Gasteiger partial charge >= 0.3 is 0 Å². The maximum absolute atomic E-state index is 4.52. The summed E-state index contributed by atoms with van der Waals surface area (Å²) in [6.07, 6.45) is 1.96. The Labute approximate surface area is 112 Å². The van der Waals surface area contributed by atoms with E-state index in [-0.39, 0.29) is 5.54 Å². The van der Waals surface area contributed by atoms with Gasteiger partial charge in [-0.05, 0) is 55.5 Å². The lowest BCUT2D eigenvalue weighted by Gasteiger charge is -2.14. The van der Waals surface area contributed by atoms with Gasteiger partial charge in [-0.1, -0.05) is 6.07 Å². The summed E-state index contributed by atoms with van der Waals surface area (Å²) in [4.78, 5) is 6.62. The minimum Gasteiger partial charge on any atom is -0.378 e. The van der Waals surface area contributed by atoms with E-state index < -0.39 is 0 Å². The Bertz CT molecular complexity index is 389. The molecule has 0 aliphatic rings. The van der Waals surface area contributed by atoms with Crippen molar-refractivity contribution in [2.24, 2.45) is 4.99 Å². The standard InChI is InChI=1S/C13H19IN2/c1-13(2,3)15-9-10-6-7-11(16(4)5)8-12(10)14/h6-9H,1-5H3. The molecule has 0 fully saturated rings. The molecule has 16 heavy (non-hydrogen) atoms. The number of halogens is 1. The van der Waals surface area contributed by atoms with Gasteiger partial charge in [0, 0.05) is 35.1 Å². The van der Waals surface area contributed by atoms with Gasteiger partial charge in [0.2, 0.25) is 0 Å². The van der Waals surface area contributed by atoms with Crippen LogP contribution in [0.5, 0.6) is 0 Å². The SMILES string of the molecule is CN(C)c1ccc(C=NC(C)(C)C)c(I)c1. The molecule has 0 spiro atoms. The third-order valence-electron chi connectivity index (χ3n) is 2.09.